The van der Waals surface area contributed by atoms with Crippen LogP contribution in [0.3, 0.4) is 0 Å². The lowest BCUT2D eigenvalue weighted by atomic mass is 10.2. The first-order valence-electron chi connectivity index (χ1n) is 7.59. The molecule has 1 amide bonds. The third kappa shape index (κ3) is 4.53. The third-order valence-corrected chi connectivity index (χ3v) is 4.12. The summed E-state index contributed by atoms with van der Waals surface area (Å²) in [6.45, 7) is 1.33. The predicted molar refractivity (Wildman–Crippen MR) is 93.0 cm³/mol. The first-order valence-corrected chi connectivity index (χ1v) is 8.38. The number of ether oxygens (including phenoxy) is 1. The number of hydrogen-bond acceptors (Lipinski definition) is 4. The van der Waals surface area contributed by atoms with Crippen molar-refractivity contribution in [2.75, 3.05) is 18.5 Å². The largest absolute Gasteiger partial charge is 0.376 e. The van der Waals surface area contributed by atoms with Crippen LogP contribution in [-0.4, -0.2) is 30.1 Å². The van der Waals surface area contributed by atoms with Crippen molar-refractivity contribution in [2.24, 2.45) is 0 Å². The summed E-state index contributed by atoms with van der Waals surface area (Å²) in [5.41, 5.74) is 2.19. The Kier molecular flexibility index (Phi) is 5.25. The van der Waals surface area contributed by atoms with Gasteiger partial charge in [0.2, 0.25) is 0 Å². The standard InChI is InChI=1S/C17H18BrN3O2/c18-12-3-1-4-13(9-12)21-14-6-7-16(19-10-14)17(22)20-11-15-5-2-8-23-15/h1,3-4,6-7,9-10,15,21H,2,5,8,11H2,(H,20,22). The van der Waals surface area contributed by atoms with Crippen LogP contribution in [0.5, 0.6) is 0 Å². The summed E-state index contributed by atoms with van der Waals surface area (Å²) in [5.74, 6) is -0.172. The topological polar surface area (TPSA) is 63.2 Å². The van der Waals surface area contributed by atoms with Crippen molar-refractivity contribution >= 4 is 33.2 Å². The lowest BCUT2D eigenvalue weighted by Crippen LogP contribution is -2.32. The second kappa shape index (κ2) is 7.57. The van der Waals surface area contributed by atoms with Gasteiger partial charge in [-0.1, -0.05) is 22.0 Å². The van der Waals surface area contributed by atoms with Crippen molar-refractivity contribution in [2.45, 2.75) is 18.9 Å². The Balaban J connectivity index is 1.56. The van der Waals surface area contributed by atoms with Gasteiger partial charge in [-0.2, -0.15) is 0 Å². The van der Waals surface area contributed by atoms with Crippen molar-refractivity contribution in [3.05, 3.63) is 52.8 Å². The number of rotatable bonds is 5. The average Bonchev–Trinajstić information content (AvgIpc) is 3.07. The van der Waals surface area contributed by atoms with E-state index in [-0.39, 0.29) is 12.0 Å². The van der Waals surface area contributed by atoms with E-state index in [1.165, 1.54) is 0 Å². The molecular weight excluding hydrogens is 358 g/mol. The van der Waals surface area contributed by atoms with Crippen LogP contribution in [0.15, 0.2) is 47.1 Å². The minimum atomic E-state index is -0.172. The number of nitrogens with zero attached hydrogens (tertiary/aromatic N) is 1. The number of nitrogens with one attached hydrogen (secondary N) is 2. The first kappa shape index (κ1) is 16.0. The molecule has 1 atom stereocenters. The lowest BCUT2D eigenvalue weighted by Gasteiger charge is -2.11. The average molecular weight is 376 g/mol. The predicted octanol–water partition coefficient (Wildman–Crippen LogP) is 3.50. The summed E-state index contributed by atoms with van der Waals surface area (Å²) in [6, 6.07) is 11.4. The molecule has 0 spiro atoms. The summed E-state index contributed by atoms with van der Waals surface area (Å²) in [4.78, 5) is 16.3. The van der Waals surface area contributed by atoms with Gasteiger partial charge in [0.1, 0.15) is 5.69 Å². The van der Waals surface area contributed by atoms with Crippen molar-refractivity contribution < 1.29 is 9.53 Å². The molecule has 1 unspecified atom stereocenters. The minimum Gasteiger partial charge on any atom is -0.376 e. The number of benzene rings is 1. The second-order valence-electron chi connectivity index (χ2n) is 5.41. The highest BCUT2D eigenvalue weighted by Gasteiger charge is 2.17. The molecule has 2 heterocycles. The number of amides is 1. The molecule has 23 heavy (non-hydrogen) atoms. The van der Waals surface area contributed by atoms with E-state index in [0.717, 1.165) is 35.3 Å². The van der Waals surface area contributed by atoms with Gasteiger partial charge in [0.15, 0.2) is 0 Å². The Bertz CT molecular complexity index is 670. The van der Waals surface area contributed by atoms with E-state index in [4.69, 9.17) is 4.74 Å². The molecule has 6 heteroatoms. The Labute approximate surface area is 143 Å². The monoisotopic (exact) mass is 375 g/mol. The highest BCUT2D eigenvalue weighted by atomic mass is 79.9. The molecule has 0 saturated carbocycles. The van der Waals surface area contributed by atoms with Crippen molar-refractivity contribution in [1.29, 1.82) is 0 Å². The molecular formula is C17H18BrN3O2. The third-order valence-electron chi connectivity index (χ3n) is 3.62. The van der Waals surface area contributed by atoms with Crippen molar-refractivity contribution in [3.8, 4) is 0 Å². The molecule has 2 N–H and O–H groups in total. The van der Waals surface area contributed by atoms with E-state index in [0.29, 0.717) is 12.2 Å². The quantitative estimate of drug-likeness (QED) is 0.839. The van der Waals surface area contributed by atoms with Crippen LogP contribution >= 0.6 is 15.9 Å². The van der Waals surface area contributed by atoms with Gasteiger partial charge in [-0.05, 0) is 43.2 Å². The van der Waals surface area contributed by atoms with Gasteiger partial charge in [-0.3, -0.25) is 4.79 Å². The Morgan fingerprint density at radius 1 is 1.30 bits per heavy atom. The number of anilines is 2. The second-order valence-corrected chi connectivity index (χ2v) is 6.33. The molecule has 1 saturated heterocycles. The fourth-order valence-corrected chi connectivity index (χ4v) is 2.84. The number of halogens is 1. The summed E-state index contributed by atoms with van der Waals surface area (Å²) in [7, 11) is 0. The van der Waals surface area contributed by atoms with E-state index in [1.54, 1.807) is 12.3 Å². The van der Waals surface area contributed by atoms with Gasteiger partial charge < -0.3 is 15.4 Å². The number of carbonyl (C=O) groups excluding carboxylic acids is 1. The van der Waals surface area contributed by atoms with Crippen molar-refractivity contribution in [1.82, 2.24) is 10.3 Å². The highest BCUT2D eigenvalue weighted by Crippen LogP contribution is 2.20. The Morgan fingerprint density at radius 3 is 2.91 bits per heavy atom. The molecule has 1 aliphatic rings. The molecule has 1 fully saturated rings. The van der Waals surface area contributed by atoms with Gasteiger partial charge >= 0.3 is 0 Å². The normalized spacial score (nSPS) is 17.0. The molecule has 1 aromatic carbocycles. The van der Waals surface area contributed by atoms with E-state index in [1.807, 2.05) is 30.3 Å². The Hall–Kier alpha value is -1.92. The number of pyridine rings is 1. The number of hydrogen-bond donors (Lipinski definition) is 2. The smallest absolute Gasteiger partial charge is 0.269 e. The van der Waals surface area contributed by atoms with Gasteiger partial charge in [-0.25, -0.2) is 4.98 Å². The maximum absolute atomic E-state index is 12.1. The summed E-state index contributed by atoms with van der Waals surface area (Å²) >= 11 is 3.43. The van der Waals surface area contributed by atoms with Gasteiger partial charge in [0, 0.05) is 23.3 Å². The van der Waals surface area contributed by atoms with Gasteiger partial charge in [0.05, 0.1) is 18.0 Å². The number of carbonyl (C=O) groups is 1. The lowest BCUT2D eigenvalue weighted by molar-refractivity contribution is 0.0854. The zero-order valence-electron chi connectivity index (χ0n) is 12.6. The molecule has 5 nitrogen and oxygen atoms in total. The summed E-state index contributed by atoms with van der Waals surface area (Å²) in [5, 5.41) is 6.11. The highest BCUT2D eigenvalue weighted by molar-refractivity contribution is 9.10. The van der Waals surface area contributed by atoms with Crippen LogP contribution in [0, 0.1) is 0 Å². The van der Waals surface area contributed by atoms with Gasteiger partial charge in [-0.15, -0.1) is 0 Å². The molecule has 0 bridgehead atoms. The van der Waals surface area contributed by atoms with Crippen molar-refractivity contribution in [3.63, 3.8) is 0 Å². The summed E-state index contributed by atoms with van der Waals surface area (Å²) in [6.07, 6.45) is 3.86. The molecule has 0 radical (unpaired) electrons. The number of aromatic nitrogens is 1. The zero-order valence-corrected chi connectivity index (χ0v) is 14.2. The van der Waals surface area contributed by atoms with Crippen LogP contribution in [0.1, 0.15) is 23.3 Å². The van der Waals surface area contributed by atoms with E-state index >= 15 is 0 Å². The fourth-order valence-electron chi connectivity index (χ4n) is 2.44. The minimum absolute atomic E-state index is 0.136. The first-order chi connectivity index (χ1) is 11.2. The van der Waals surface area contributed by atoms with E-state index in [2.05, 4.69) is 31.5 Å². The Morgan fingerprint density at radius 2 is 2.22 bits per heavy atom. The van der Waals surface area contributed by atoms with Crippen LogP contribution in [0.25, 0.3) is 0 Å². The zero-order chi connectivity index (χ0) is 16.1. The maximum Gasteiger partial charge on any atom is 0.269 e. The van der Waals surface area contributed by atoms with E-state index < -0.39 is 0 Å². The SMILES string of the molecule is O=C(NCC1CCCO1)c1ccc(Nc2cccc(Br)c2)cn1. The molecule has 0 aliphatic carbocycles. The van der Waals surface area contributed by atoms with Gasteiger partial charge in [0.25, 0.3) is 5.91 Å². The van der Waals surface area contributed by atoms with Crippen LogP contribution in [0.4, 0.5) is 11.4 Å². The molecule has 3 rings (SSSR count). The molecule has 1 aliphatic heterocycles. The van der Waals surface area contributed by atoms with E-state index in [9.17, 15) is 4.79 Å². The molecule has 2 aromatic rings. The summed E-state index contributed by atoms with van der Waals surface area (Å²) < 4.78 is 6.49. The van der Waals surface area contributed by atoms with Crippen LogP contribution in [-0.2, 0) is 4.74 Å². The fraction of sp³-hybridized carbons (Fsp3) is 0.294. The molecule has 120 valence electrons. The van der Waals surface area contributed by atoms with Crippen LogP contribution in [0.2, 0.25) is 0 Å². The maximum atomic E-state index is 12.1. The van der Waals surface area contributed by atoms with Crippen LogP contribution < -0.4 is 10.6 Å². The molecule has 1 aromatic heterocycles.